The van der Waals surface area contributed by atoms with E-state index in [1.54, 1.807) is 26.0 Å². The van der Waals surface area contributed by atoms with Crippen molar-refractivity contribution < 1.29 is 14.3 Å². The first-order valence-electron chi connectivity index (χ1n) is 7.06. The summed E-state index contributed by atoms with van der Waals surface area (Å²) in [5, 5.41) is 5.86. The minimum atomic E-state index is -0.204. The second kappa shape index (κ2) is 7.70. The van der Waals surface area contributed by atoms with E-state index in [1.165, 1.54) is 11.3 Å². The van der Waals surface area contributed by atoms with E-state index in [9.17, 15) is 9.59 Å². The van der Waals surface area contributed by atoms with Crippen molar-refractivity contribution in [2.45, 2.75) is 26.7 Å². The monoisotopic (exact) mass is 318 g/mol. The van der Waals surface area contributed by atoms with Gasteiger partial charge >= 0.3 is 5.97 Å². The van der Waals surface area contributed by atoms with Crippen LogP contribution in [-0.2, 0) is 16.0 Å². The molecule has 1 N–H and O–H groups in total. The van der Waals surface area contributed by atoms with Gasteiger partial charge in [-0.25, -0.2) is 4.98 Å². The standard InChI is InChI=1S/C16H18N2O3S/c1-3-21-15(20)9-8-14-10-22-16(18-14)17-13-6-4-12(5-7-13)11(2)19/h4-7,10H,3,8-9H2,1-2H3,(H,17,18). The third kappa shape index (κ3) is 4.66. The number of carbonyl (C=O) groups is 2. The first-order valence-corrected chi connectivity index (χ1v) is 7.94. The molecule has 2 rings (SSSR count). The van der Waals surface area contributed by atoms with Gasteiger partial charge in [-0.2, -0.15) is 0 Å². The van der Waals surface area contributed by atoms with Crippen molar-refractivity contribution in [3.05, 3.63) is 40.9 Å². The molecule has 0 aliphatic carbocycles. The van der Waals surface area contributed by atoms with Gasteiger partial charge in [0.05, 0.1) is 18.7 Å². The Kier molecular flexibility index (Phi) is 5.66. The van der Waals surface area contributed by atoms with E-state index in [0.29, 0.717) is 25.0 Å². The molecule has 1 heterocycles. The van der Waals surface area contributed by atoms with Crippen molar-refractivity contribution >= 4 is 33.9 Å². The fourth-order valence-corrected chi connectivity index (χ4v) is 2.62. The van der Waals surface area contributed by atoms with Crippen LogP contribution in [0, 0.1) is 0 Å². The van der Waals surface area contributed by atoms with E-state index < -0.39 is 0 Å². The summed E-state index contributed by atoms with van der Waals surface area (Å²) in [5.74, 6) is -0.160. The van der Waals surface area contributed by atoms with E-state index in [0.717, 1.165) is 16.5 Å². The maximum atomic E-state index is 11.3. The number of anilines is 2. The quantitative estimate of drug-likeness (QED) is 0.624. The van der Waals surface area contributed by atoms with Crippen molar-refractivity contribution in [3.63, 3.8) is 0 Å². The molecule has 0 radical (unpaired) electrons. The summed E-state index contributed by atoms with van der Waals surface area (Å²) in [7, 11) is 0. The highest BCUT2D eigenvalue weighted by Gasteiger charge is 2.07. The second-order valence-corrected chi connectivity index (χ2v) is 5.57. The van der Waals surface area contributed by atoms with Crippen LogP contribution in [0.1, 0.15) is 36.3 Å². The minimum absolute atomic E-state index is 0.0436. The molecule has 0 aliphatic heterocycles. The summed E-state index contributed by atoms with van der Waals surface area (Å²) in [6, 6.07) is 7.24. The summed E-state index contributed by atoms with van der Waals surface area (Å²) in [5.41, 5.74) is 2.41. The molecule has 0 amide bonds. The molecule has 0 unspecified atom stereocenters. The minimum Gasteiger partial charge on any atom is -0.466 e. The highest BCUT2D eigenvalue weighted by Crippen LogP contribution is 2.22. The van der Waals surface area contributed by atoms with Crippen LogP contribution >= 0.6 is 11.3 Å². The maximum absolute atomic E-state index is 11.3. The molecule has 0 fully saturated rings. The molecular formula is C16H18N2O3S. The molecule has 0 saturated carbocycles. The van der Waals surface area contributed by atoms with Gasteiger partial charge in [0.25, 0.3) is 0 Å². The van der Waals surface area contributed by atoms with Gasteiger partial charge in [0, 0.05) is 23.1 Å². The lowest BCUT2D eigenvalue weighted by molar-refractivity contribution is -0.143. The number of ketones is 1. The van der Waals surface area contributed by atoms with E-state index >= 15 is 0 Å². The zero-order chi connectivity index (χ0) is 15.9. The summed E-state index contributed by atoms with van der Waals surface area (Å²) < 4.78 is 4.89. The predicted molar refractivity (Wildman–Crippen MR) is 86.8 cm³/mol. The molecule has 0 aliphatic rings. The van der Waals surface area contributed by atoms with Crippen LogP contribution in [0.2, 0.25) is 0 Å². The van der Waals surface area contributed by atoms with Crippen molar-refractivity contribution in [1.29, 1.82) is 0 Å². The van der Waals surface area contributed by atoms with Crippen LogP contribution in [0.3, 0.4) is 0 Å². The highest BCUT2D eigenvalue weighted by molar-refractivity contribution is 7.13. The Morgan fingerprint density at radius 2 is 2.00 bits per heavy atom. The average Bonchev–Trinajstić information content (AvgIpc) is 2.93. The number of aryl methyl sites for hydroxylation is 1. The van der Waals surface area contributed by atoms with Crippen LogP contribution in [-0.4, -0.2) is 23.3 Å². The third-order valence-corrected chi connectivity index (χ3v) is 3.79. The van der Waals surface area contributed by atoms with Crippen molar-refractivity contribution in [2.75, 3.05) is 11.9 Å². The Morgan fingerprint density at radius 1 is 1.27 bits per heavy atom. The fraction of sp³-hybridized carbons (Fsp3) is 0.312. The van der Waals surface area contributed by atoms with Crippen LogP contribution in [0.15, 0.2) is 29.6 Å². The first kappa shape index (κ1) is 16.2. The maximum Gasteiger partial charge on any atom is 0.306 e. The SMILES string of the molecule is CCOC(=O)CCc1csc(Nc2ccc(C(C)=O)cc2)n1. The number of aromatic nitrogens is 1. The molecule has 2 aromatic rings. The number of nitrogens with zero attached hydrogens (tertiary/aromatic N) is 1. The smallest absolute Gasteiger partial charge is 0.306 e. The van der Waals surface area contributed by atoms with Gasteiger partial charge in [0.1, 0.15) is 0 Å². The lowest BCUT2D eigenvalue weighted by Crippen LogP contribution is -2.05. The van der Waals surface area contributed by atoms with Gasteiger partial charge in [0.15, 0.2) is 10.9 Å². The van der Waals surface area contributed by atoms with E-state index in [-0.39, 0.29) is 11.8 Å². The normalized spacial score (nSPS) is 10.3. The zero-order valence-electron chi connectivity index (χ0n) is 12.6. The van der Waals surface area contributed by atoms with Gasteiger partial charge in [-0.15, -0.1) is 11.3 Å². The van der Waals surface area contributed by atoms with Crippen LogP contribution in [0.4, 0.5) is 10.8 Å². The molecule has 5 nitrogen and oxygen atoms in total. The molecule has 0 bridgehead atoms. The number of carbonyl (C=O) groups excluding carboxylic acids is 2. The van der Waals surface area contributed by atoms with Gasteiger partial charge < -0.3 is 10.1 Å². The van der Waals surface area contributed by atoms with E-state index in [4.69, 9.17) is 4.74 Å². The molecule has 0 saturated heterocycles. The Labute approximate surface area is 133 Å². The van der Waals surface area contributed by atoms with Crippen LogP contribution in [0.5, 0.6) is 0 Å². The molecule has 6 heteroatoms. The molecule has 0 atom stereocenters. The summed E-state index contributed by atoms with van der Waals surface area (Å²) in [6.45, 7) is 3.73. The number of esters is 1. The Morgan fingerprint density at radius 3 is 2.64 bits per heavy atom. The number of Topliss-reactive ketones (excluding diaryl/α,β-unsaturated/α-hetero) is 1. The number of hydrogen-bond acceptors (Lipinski definition) is 6. The van der Waals surface area contributed by atoms with Crippen LogP contribution < -0.4 is 5.32 Å². The van der Waals surface area contributed by atoms with Crippen LogP contribution in [0.25, 0.3) is 0 Å². The second-order valence-electron chi connectivity index (χ2n) is 4.71. The van der Waals surface area contributed by atoms with Gasteiger partial charge in [-0.05, 0) is 38.1 Å². The summed E-state index contributed by atoms with van der Waals surface area (Å²) >= 11 is 1.48. The topological polar surface area (TPSA) is 68.3 Å². The zero-order valence-corrected chi connectivity index (χ0v) is 13.4. The van der Waals surface area contributed by atoms with Gasteiger partial charge in [-0.1, -0.05) is 0 Å². The summed E-state index contributed by atoms with van der Waals surface area (Å²) in [4.78, 5) is 27.0. The lowest BCUT2D eigenvalue weighted by Gasteiger charge is -2.03. The number of thiazole rings is 1. The van der Waals surface area contributed by atoms with Crippen molar-refractivity contribution in [2.24, 2.45) is 0 Å². The van der Waals surface area contributed by atoms with Gasteiger partial charge in [0.2, 0.25) is 0 Å². The third-order valence-electron chi connectivity index (χ3n) is 2.99. The fourth-order valence-electron chi connectivity index (χ4n) is 1.85. The van der Waals surface area contributed by atoms with E-state index in [1.807, 2.05) is 17.5 Å². The molecule has 1 aromatic carbocycles. The summed E-state index contributed by atoms with van der Waals surface area (Å²) in [6.07, 6.45) is 0.907. The number of hydrogen-bond donors (Lipinski definition) is 1. The lowest BCUT2D eigenvalue weighted by atomic mass is 10.1. The number of rotatable bonds is 7. The Bertz CT molecular complexity index is 650. The molecule has 116 valence electrons. The Hall–Kier alpha value is -2.21. The Balaban J connectivity index is 1.91. The largest absolute Gasteiger partial charge is 0.466 e. The molecular weight excluding hydrogens is 300 g/mol. The van der Waals surface area contributed by atoms with E-state index in [2.05, 4.69) is 10.3 Å². The number of ether oxygens (including phenoxy) is 1. The average molecular weight is 318 g/mol. The van der Waals surface area contributed by atoms with Crippen molar-refractivity contribution in [3.8, 4) is 0 Å². The predicted octanol–water partition coefficient (Wildman–Crippen LogP) is 3.59. The number of benzene rings is 1. The van der Waals surface area contributed by atoms with Gasteiger partial charge in [-0.3, -0.25) is 9.59 Å². The first-order chi connectivity index (χ1) is 10.6. The highest BCUT2D eigenvalue weighted by atomic mass is 32.1. The molecule has 22 heavy (non-hydrogen) atoms. The van der Waals surface area contributed by atoms with Crippen molar-refractivity contribution in [1.82, 2.24) is 4.98 Å². The molecule has 0 spiro atoms. The number of nitrogens with one attached hydrogen (secondary N) is 1. The molecule has 1 aromatic heterocycles.